The third kappa shape index (κ3) is 3.34. The van der Waals surface area contributed by atoms with Gasteiger partial charge in [-0.05, 0) is 64.6 Å². The smallest absolute Gasteiger partial charge is 0.325 e. The summed E-state index contributed by atoms with van der Waals surface area (Å²) in [6.07, 6.45) is 9.25. The molecular formula is C16H30N2O2. The Morgan fingerprint density at radius 3 is 2.35 bits per heavy atom. The molecule has 0 radical (unpaired) electrons. The Hall–Kier alpha value is -0.610. The molecule has 0 bridgehead atoms. The fraction of sp³-hybridized carbons (Fsp3) is 0.938. The van der Waals surface area contributed by atoms with E-state index in [-0.39, 0.29) is 5.97 Å². The van der Waals surface area contributed by atoms with Crippen LogP contribution >= 0.6 is 0 Å². The minimum atomic E-state index is -0.558. The number of nitrogens with zero attached hydrogens (tertiary/aromatic N) is 1. The topological polar surface area (TPSA) is 41.6 Å². The number of rotatable bonds is 5. The first-order valence-electron chi connectivity index (χ1n) is 8.03. The molecule has 1 heterocycles. The van der Waals surface area contributed by atoms with Gasteiger partial charge in [0.25, 0.3) is 0 Å². The first-order chi connectivity index (χ1) is 9.53. The van der Waals surface area contributed by atoms with Gasteiger partial charge < -0.3 is 15.0 Å². The normalized spacial score (nSPS) is 25.6. The van der Waals surface area contributed by atoms with E-state index in [0.29, 0.717) is 5.41 Å². The van der Waals surface area contributed by atoms with E-state index in [2.05, 4.69) is 10.2 Å². The maximum atomic E-state index is 11.8. The van der Waals surface area contributed by atoms with Gasteiger partial charge in [0.2, 0.25) is 0 Å². The molecule has 1 saturated carbocycles. The number of hydrogen-bond donors (Lipinski definition) is 1. The van der Waals surface area contributed by atoms with Gasteiger partial charge >= 0.3 is 5.97 Å². The Balaban J connectivity index is 1.79. The van der Waals surface area contributed by atoms with Gasteiger partial charge in [0.05, 0.1) is 7.11 Å². The Kier molecular flexibility index (Phi) is 5.08. The van der Waals surface area contributed by atoms with Gasteiger partial charge in [-0.3, -0.25) is 4.79 Å². The van der Waals surface area contributed by atoms with Crippen LogP contribution in [0.3, 0.4) is 0 Å². The second-order valence-electron chi connectivity index (χ2n) is 6.87. The number of carbonyl (C=O) groups is 1. The number of likely N-dealkylation sites (tertiary alicyclic amines) is 1. The van der Waals surface area contributed by atoms with Crippen LogP contribution in [0.1, 0.15) is 51.9 Å². The first-order valence-corrected chi connectivity index (χ1v) is 8.03. The first kappa shape index (κ1) is 15.8. The van der Waals surface area contributed by atoms with Crippen molar-refractivity contribution in [2.24, 2.45) is 5.41 Å². The predicted octanol–water partition coefficient (Wildman–Crippen LogP) is 2.18. The van der Waals surface area contributed by atoms with Gasteiger partial charge in [0, 0.05) is 6.54 Å². The van der Waals surface area contributed by atoms with E-state index in [1.807, 2.05) is 14.0 Å². The molecule has 2 rings (SSSR count). The number of likely N-dealkylation sites (N-methyl/N-ethyl adjacent to an activating group) is 1. The number of ether oxygens (including phenoxy) is 1. The van der Waals surface area contributed by atoms with Crippen molar-refractivity contribution in [1.29, 1.82) is 0 Å². The second-order valence-corrected chi connectivity index (χ2v) is 6.87. The molecule has 0 aromatic rings. The lowest BCUT2D eigenvalue weighted by atomic mass is 9.77. The zero-order chi connectivity index (χ0) is 14.6. The Labute approximate surface area is 123 Å². The van der Waals surface area contributed by atoms with Crippen molar-refractivity contribution >= 4 is 5.97 Å². The zero-order valence-electron chi connectivity index (χ0n) is 13.3. The van der Waals surface area contributed by atoms with Crippen molar-refractivity contribution < 1.29 is 9.53 Å². The minimum Gasteiger partial charge on any atom is -0.468 e. The van der Waals surface area contributed by atoms with Crippen LogP contribution in [0.2, 0.25) is 0 Å². The molecule has 1 aliphatic carbocycles. The molecule has 1 atom stereocenters. The molecule has 1 unspecified atom stereocenters. The fourth-order valence-corrected chi connectivity index (χ4v) is 3.81. The average molecular weight is 282 g/mol. The number of piperidine rings is 1. The molecule has 1 N–H and O–H groups in total. The third-order valence-corrected chi connectivity index (χ3v) is 5.70. The van der Waals surface area contributed by atoms with Crippen LogP contribution in [-0.4, -0.2) is 50.2 Å². The van der Waals surface area contributed by atoms with Crippen molar-refractivity contribution in [2.75, 3.05) is 33.8 Å². The van der Waals surface area contributed by atoms with Gasteiger partial charge in [-0.25, -0.2) is 0 Å². The molecule has 2 aliphatic rings. The summed E-state index contributed by atoms with van der Waals surface area (Å²) in [7, 11) is 3.29. The lowest BCUT2D eigenvalue weighted by Gasteiger charge is -2.40. The standard InChI is InChI=1S/C16H30N2O2/c1-15(17-2,14(19)20-3)8-11-18-12-9-16(10-13-18)6-4-5-7-16/h17H,4-13H2,1-3H3. The van der Waals surface area contributed by atoms with Gasteiger partial charge in [-0.2, -0.15) is 0 Å². The van der Waals surface area contributed by atoms with Crippen LogP contribution in [0.5, 0.6) is 0 Å². The van der Waals surface area contributed by atoms with Crippen LogP contribution in [0.4, 0.5) is 0 Å². The summed E-state index contributed by atoms with van der Waals surface area (Å²) in [5.74, 6) is -0.163. The summed E-state index contributed by atoms with van der Waals surface area (Å²) in [6.45, 7) is 5.30. The van der Waals surface area contributed by atoms with Gasteiger partial charge in [0.15, 0.2) is 0 Å². The minimum absolute atomic E-state index is 0.163. The predicted molar refractivity (Wildman–Crippen MR) is 80.7 cm³/mol. The molecule has 0 amide bonds. The maximum absolute atomic E-state index is 11.8. The van der Waals surface area contributed by atoms with Gasteiger partial charge in [0.1, 0.15) is 5.54 Å². The van der Waals surface area contributed by atoms with Crippen LogP contribution in [-0.2, 0) is 9.53 Å². The molecule has 1 aliphatic heterocycles. The third-order valence-electron chi connectivity index (χ3n) is 5.70. The summed E-state index contributed by atoms with van der Waals surface area (Å²) in [5, 5.41) is 3.12. The Morgan fingerprint density at radius 2 is 1.85 bits per heavy atom. The van der Waals surface area contributed by atoms with Gasteiger partial charge in [-0.1, -0.05) is 12.8 Å². The summed E-state index contributed by atoms with van der Waals surface area (Å²) < 4.78 is 4.90. The van der Waals surface area contributed by atoms with E-state index >= 15 is 0 Å². The van der Waals surface area contributed by atoms with E-state index in [4.69, 9.17) is 4.74 Å². The highest BCUT2D eigenvalue weighted by Crippen LogP contribution is 2.46. The molecule has 1 spiro atoms. The lowest BCUT2D eigenvalue weighted by Crippen LogP contribution is -2.51. The molecule has 1 saturated heterocycles. The summed E-state index contributed by atoms with van der Waals surface area (Å²) in [6, 6.07) is 0. The SMILES string of the molecule is CNC(C)(CCN1CCC2(CCCC2)CC1)C(=O)OC. The highest BCUT2D eigenvalue weighted by atomic mass is 16.5. The van der Waals surface area contributed by atoms with E-state index in [0.717, 1.165) is 13.0 Å². The van der Waals surface area contributed by atoms with Crippen LogP contribution in [0.25, 0.3) is 0 Å². The van der Waals surface area contributed by atoms with Crippen LogP contribution in [0, 0.1) is 5.41 Å². The van der Waals surface area contributed by atoms with Crippen molar-refractivity contribution in [2.45, 2.75) is 57.4 Å². The number of nitrogens with one attached hydrogen (secondary N) is 1. The number of esters is 1. The Morgan fingerprint density at radius 1 is 1.25 bits per heavy atom. The van der Waals surface area contributed by atoms with Gasteiger partial charge in [-0.15, -0.1) is 0 Å². The molecule has 4 heteroatoms. The molecule has 0 aromatic heterocycles. The van der Waals surface area contributed by atoms with Crippen molar-refractivity contribution in [1.82, 2.24) is 10.2 Å². The van der Waals surface area contributed by atoms with E-state index in [9.17, 15) is 4.79 Å². The maximum Gasteiger partial charge on any atom is 0.325 e. The highest BCUT2D eigenvalue weighted by Gasteiger charge is 2.38. The quantitative estimate of drug-likeness (QED) is 0.785. The Bertz CT molecular complexity index is 329. The largest absolute Gasteiger partial charge is 0.468 e. The zero-order valence-corrected chi connectivity index (χ0v) is 13.3. The summed E-state index contributed by atoms with van der Waals surface area (Å²) >= 11 is 0. The molecule has 4 nitrogen and oxygen atoms in total. The molecule has 20 heavy (non-hydrogen) atoms. The molecule has 0 aromatic carbocycles. The van der Waals surface area contributed by atoms with E-state index in [1.165, 1.54) is 58.7 Å². The van der Waals surface area contributed by atoms with Crippen molar-refractivity contribution in [3.8, 4) is 0 Å². The second kappa shape index (κ2) is 6.44. The monoisotopic (exact) mass is 282 g/mol. The lowest BCUT2D eigenvalue weighted by molar-refractivity contribution is -0.148. The van der Waals surface area contributed by atoms with E-state index < -0.39 is 5.54 Å². The summed E-state index contributed by atoms with van der Waals surface area (Å²) in [4.78, 5) is 14.4. The molecule has 2 fully saturated rings. The average Bonchev–Trinajstić information content (AvgIpc) is 2.94. The summed E-state index contributed by atoms with van der Waals surface area (Å²) in [5.41, 5.74) is 0.113. The van der Waals surface area contributed by atoms with Crippen molar-refractivity contribution in [3.63, 3.8) is 0 Å². The van der Waals surface area contributed by atoms with Crippen LogP contribution in [0.15, 0.2) is 0 Å². The molecule has 116 valence electrons. The number of carbonyl (C=O) groups excluding carboxylic acids is 1. The van der Waals surface area contributed by atoms with Crippen LogP contribution < -0.4 is 5.32 Å². The van der Waals surface area contributed by atoms with Crippen molar-refractivity contribution in [3.05, 3.63) is 0 Å². The van der Waals surface area contributed by atoms with E-state index in [1.54, 1.807) is 0 Å². The highest BCUT2D eigenvalue weighted by molar-refractivity contribution is 5.80. The fourth-order valence-electron chi connectivity index (χ4n) is 3.81. The number of hydrogen-bond acceptors (Lipinski definition) is 4. The number of methoxy groups -OCH3 is 1. The molecular weight excluding hydrogens is 252 g/mol.